The standard InChI is InChI=1S/C20H26OS/c1-4-5-9-16(2)20(22,17-10-7-6-8-11-17)18-12-14-19(21-3)15-13-18/h6-8,10-16,22H,4-5,9H2,1-3H3/t16-,20+/m0/s1. The monoisotopic (exact) mass is 314 g/mol. The maximum absolute atomic E-state index is 5.29. The minimum atomic E-state index is -0.275. The molecule has 22 heavy (non-hydrogen) atoms. The van der Waals surface area contributed by atoms with Crippen molar-refractivity contribution in [2.75, 3.05) is 7.11 Å². The fourth-order valence-corrected chi connectivity index (χ4v) is 3.42. The van der Waals surface area contributed by atoms with E-state index in [0.29, 0.717) is 5.92 Å². The first-order valence-electron chi connectivity index (χ1n) is 8.05. The summed E-state index contributed by atoms with van der Waals surface area (Å²) in [5.74, 6) is 1.33. The van der Waals surface area contributed by atoms with E-state index in [0.717, 1.165) is 5.75 Å². The third kappa shape index (κ3) is 3.49. The predicted molar refractivity (Wildman–Crippen MR) is 97.9 cm³/mol. The molecule has 0 radical (unpaired) electrons. The van der Waals surface area contributed by atoms with Gasteiger partial charge in [0.1, 0.15) is 5.75 Å². The third-order valence-electron chi connectivity index (χ3n) is 4.45. The number of methoxy groups -OCH3 is 1. The summed E-state index contributed by atoms with van der Waals surface area (Å²) in [5.41, 5.74) is 2.48. The molecular formula is C20H26OS. The van der Waals surface area contributed by atoms with E-state index >= 15 is 0 Å². The van der Waals surface area contributed by atoms with Crippen molar-refractivity contribution in [3.05, 3.63) is 65.7 Å². The number of hydrogen-bond donors (Lipinski definition) is 1. The van der Waals surface area contributed by atoms with E-state index < -0.39 is 0 Å². The highest BCUT2D eigenvalue weighted by Gasteiger charge is 2.35. The van der Waals surface area contributed by atoms with Crippen LogP contribution in [0.25, 0.3) is 0 Å². The van der Waals surface area contributed by atoms with Crippen LogP contribution in [-0.4, -0.2) is 7.11 Å². The Labute approximate surface area is 140 Å². The van der Waals surface area contributed by atoms with Gasteiger partial charge in [0.15, 0.2) is 0 Å². The highest BCUT2D eigenvalue weighted by Crippen LogP contribution is 2.45. The highest BCUT2D eigenvalue weighted by molar-refractivity contribution is 7.81. The van der Waals surface area contributed by atoms with Gasteiger partial charge in [0, 0.05) is 0 Å². The van der Waals surface area contributed by atoms with E-state index in [1.165, 1.54) is 30.4 Å². The summed E-state index contributed by atoms with van der Waals surface area (Å²) in [6.45, 7) is 4.54. The second kappa shape index (κ2) is 7.73. The van der Waals surface area contributed by atoms with E-state index in [-0.39, 0.29) is 4.75 Å². The first-order valence-corrected chi connectivity index (χ1v) is 8.50. The van der Waals surface area contributed by atoms with Crippen LogP contribution in [0.5, 0.6) is 5.75 Å². The summed E-state index contributed by atoms with van der Waals surface area (Å²) in [7, 11) is 1.70. The lowest BCUT2D eigenvalue weighted by molar-refractivity contribution is 0.411. The van der Waals surface area contributed by atoms with Crippen molar-refractivity contribution >= 4 is 12.6 Å². The van der Waals surface area contributed by atoms with Gasteiger partial charge < -0.3 is 4.74 Å². The fourth-order valence-electron chi connectivity index (χ4n) is 2.99. The number of ether oxygens (including phenoxy) is 1. The van der Waals surface area contributed by atoms with Gasteiger partial charge in [0.05, 0.1) is 11.9 Å². The molecule has 0 heterocycles. The second-order valence-electron chi connectivity index (χ2n) is 5.90. The van der Waals surface area contributed by atoms with E-state index in [4.69, 9.17) is 17.4 Å². The van der Waals surface area contributed by atoms with Crippen LogP contribution in [0.2, 0.25) is 0 Å². The molecule has 2 rings (SSSR count). The van der Waals surface area contributed by atoms with Crippen molar-refractivity contribution in [3.63, 3.8) is 0 Å². The Hall–Kier alpha value is -1.41. The van der Waals surface area contributed by atoms with Crippen molar-refractivity contribution in [1.29, 1.82) is 0 Å². The summed E-state index contributed by atoms with van der Waals surface area (Å²) in [6, 6.07) is 18.9. The lowest BCUT2D eigenvalue weighted by Crippen LogP contribution is -2.29. The van der Waals surface area contributed by atoms with Crippen LogP contribution in [0.1, 0.15) is 44.2 Å². The second-order valence-corrected chi connectivity index (χ2v) is 6.61. The molecule has 0 aliphatic carbocycles. The molecule has 0 amide bonds. The van der Waals surface area contributed by atoms with E-state index in [1.54, 1.807) is 7.11 Å². The molecule has 0 spiro atoms. The van der Waals surface area contributed by atoms with Crippen LogP contribution in [0.15, 0.2) is 54.6 Å². The van der Waals surface area contributed by atoms with Gasteiger partial charge in [-0.2, -0.15) is 12.6 Å². The molecule has 1 nitrogen and oxygen atoms in total. The van der Waals surface area contributed by atoms with E-state index in [9.17, 15) is 0 Å². The fraction of sp³-hybridized carbons (Fsp3) is 0.400. The van der Waals surface area contributed by atoms with Gasteiger partial charge in [-0.15, -0.1) is 0 Å². The van der Waals surface area contributed by atoms with Gasteiger partial charge in [-0.25, -0.2) is 0 Å². The SMILES string of the molecule is CCCC[C@H](C)[C@@](S)(c1ccccc1)c1ccc(OC)cc1. The molecule has 118 valence electrons. The Morgan fingerprint density at radius 1 is 1.00 bits per heavy atom. The van der Waals surface area contributed by atoms with Gasteiger partial charge in [-0.05, 0) is 35.6 Å². The number of rotatable bonds is 7. The Kier molecular flexibility index (Phi) is 5.96. The number of thiol groups is 1. The largest absolute Gasteiger partial charge is 0.497 e. The number of unbranched alkanes of at least 4 members (excludes halogenated alkanes) is 1. The molecule has 0 aliphatic rings. The number of benzene rings is 2. The minimum Gasteiger partial charge on any atom is -0.497 e. The highest BCUT2D eigenvalue weighted by atomic mass is 32.1. The summed E-state index contributed by atoms with van der Waals surface area (Å²) in [5, 5.41) is 0. The Morgan fingerprint density at radius 3 is 2.14 bits per heavy atom. The zero-order valence-corrected chi connectivity index (χ0v) is 14.6. The van der Waals surface area contributed by atoms with Crippen LogP contribution in [0.3, 0.4) is 0 Å². The average molecular weight is 314 g/mol. The molecule has 0 fully saturated rings. The Balaban J connectivity index is 2.44. The normalized spacial score (nSPS) is 15.1. The molecule has 2 heteroatoms. The molecule has 0 aromatic heterocycles. The molecule has 2 atom stereocenters. The van der Waals surface area contributed by atoms with E-state index in [1.807, 2.05) is 12.1 Å². The molecule has 2 aromatic carbocycles. The van der Waals surface area contributed by atoms with Crippen LogP contribution in [-0.2, 0) is 4.75 Å². The smallest absolute Gasteiger partial charge is 0.118 e. The quantitative estimate of drug-likeness (QED) is 0.645. The lowest BCUT2D eigenvalue weighted by Gasteiger charge is -2.36. The van der Waals surface area contributed by atoms with Gasteiger partial charge in [0.2, 0.25) is 0 Å². The van der Waals surface area contributed by atoms with Gasteiger partial charge in [0.25, 0.3) is 0 Å². The Morgan fingerprint density at radius 2 is 1.59 bits per heavy atom. The maximum atomic E-state index is 5.29. The zero-order chi connectivity index (χ0) is 16.0. The Bertz CT molecular complexity index is 564. The molecule has 0 N–H and O–H groups in total. The van der Waals surface area contributed by atoms with Crippen molar-refractivity contribution in [1.82, 2.24) is 0 Å². The maximum Gasteiger partial charge on any atom is 0.118 e. The average Bonchev–Trinajstić information content (AvgIpc) is 2.59. The number of hydrogen-bond acceptors (Lipinski definition) is 2. The van der Waals surface area contributed by atoms with Crippen LogP contribution in [0, 0.1) is 5.92 Å². The summed E-state index contributed by atoms with van der Waals surface area (Å²) in [4.78, 5) is 0. The van der Waals surface area contributed by atoms with Crippen molar-refractivity contribution in [2.24, 2.45) is 5.92 Å². The summed E-state index contributed by atoms with van der Waals surface area (Å²) >= 11 is 5.19. The van der Waals surface area contributed by atoms with Crippen LogP contribution in [0.4, 0.5) is 0 Å². The third-order valence-corrected chi connectivity index (χ3v) is 5.41. The first kappa shape index (κ1) is 17.0. The van der Waals surface area contributed by atoms with Crippen molar-refractivity contribution < 1.29 is 4.74 Å². The molecule has 0 unspecified atom stereocenters. The molecule has 0 saturated heterocycles. The minimum absolute atomic E-state index is 0.275. The van der Waals surface area contributed by atoms with Crippen LogP contribution < -0.4 is 4.74 Å². The molecule has 2 aromatic rings. The van der Waals surface area contributed by atoms with Gasteiger partial charge in [-0.1, -0.05) is 69.2 Å². The summed E-state index contributed by atoms with van der Waals surface area (Å²) < 4.78 is 5.01. The lowest BCUT2D eigenvalue weighted by atomic mass is 9.78. The van der Waals surface area contributed by atoms with Gasteiger partial charge in [-0.3, -0.25) is 0 Å². The topological polar surface area (TPSA) is 9.23 Å². The first-order chi connectivity index (χ1) is 10.6. The predicted octanol–water partition coefficient (Wildman–Crippen LogP) is 5.69. The summed E-state index contributed by atoms with van der Waals surface area (Å²) in [6.07, 6.45) is 3.61. The molecule has 0 bridgehead atoms. The van der Waals surface area contributed by atoms with Crippen molar-refractivity contribution in [2.45, 2.75) is 37.9 Å². The zero-order valence-electron chi connectivity index (χ0n) is 13.8. The molecular weight excluding hydrogens is 288 g/mol. The van der Waals surface area contributed by atoms with Gasteiger partial charge >= 0.3 is 0 Å². The van der Waals surface area contributed by atoms with Crippen LogP contribution >= 0.6 is 12.6 Å². The molecule has 0 aliphatic heterocycles. The molecule has 0 saturated carbocycles. The van der Waals surface area contributed by atoms with Crippen molar-refractivity contribution in [3.8, 4) is 5.75 Å². The van der Waals surface area contributed by atoms with E-state index in [2.05, 4.69) is 56.3 Å².